The number of aryl methyl sites for hydroxylation is 1. The summed E-state index contributed by atoms with van der Waals surface area (Å²) in [6.45, 7) is 2.01. The second-order valence-corrected chi connectivity index (χ2v) is 4.34. The maximum atomic E-state index is 13.0. The van der Waals surface area contributed by atoms with Gasteiger partial charge in [-0.2, -0.15) is 0 Å². The first-order chi connectivity index (χ1) is 9.60. The Bertz CT molecular complexity index is 635. The summed E-state index contributed by atoms with van der Waals surface area (Å²) < 4.78 is 13.0. The van der Waals surface area contributed by atoms with Crippen LogP contribution in [0.1, 0.15) is 22.8 Å². The van der Waals surface area contributed by atoms with Crippen LogP contribution in [0.25, 0.3) is 0 Å². The fourth-order valence-electron chi connectivity index (χ4n) is 1.78. The summed E-state index contributed by atoms with van der Waals surface area (Å²) in [7, 11) is 0. The van der Waals surface area contributed by atoms with Gasteiger partial charge < -0.3 is 5.32 Å². The highest BCUT2D eigenvalue weighted by molar-refractivity contribution is 6.46. The second kappa shape index (κ2) is 6.10. The quantitative estimate of drug-likeness (QED) is 0.685. The largest absolute Gasteiger partial charge is 0.319 e. The third-order valence-corrected chi connectivity index (χ3v) is 2.91. The van der Waals surface area contributed by atoms with Crippen LogP contribution in [0.15, 0.2) is 48.5 Å². The lowest BCUT2D eigenvalue weighted by Crippen LogP contribution is -2.22. The summed E-state index contributed by atoms with van der Waals surface area (Å²) in [6, 6.07) is 12.3. The van der Waals surface area contributed by atoms with Crippen molar-refractivity contribution in [3.63, 3.8) is 0 Å². The van der Waals surface area contributed by atoms with Crippen LogP contribution < -0.4 is 5.32 Å². The highest BCUT2D eigenvalue weighted by atomic mass is 19.1. The number of hydrogen-bond donors (Lipinski definition) is 1. The minimum Gasteiger partial charge on any atom is -0.319 e. The molecule has 0 unspecified atom stereocenters. The van der Waals surface area contributed by atoms with Crippen molar-refractivity contribution in [2.24, 2.45) is 0 Å². The van der Waals surface area contributed by atoms with Crippen LogP contribution >= 0.6 is 0 Å². The predicted molar refractivity (Wildman–Crippen MR) is 75.2 cm³/mol. The van der Waals surface area contributed by atoms with Gasteiger partial charge in [-0.15, -0.1) is 0 Å². The summed E-state index contributed by atoms with van der Waals surface area (Å²) in [5.74, 6) is -1.89. The number of ketones is 1. The van der Waals surface area contributed by atoms with Gasteiger partial charge in [0.15, 0.2) is 0 Å². The number of nitrogens with one attached hydrogen (secondary N) is 1. The number of rotatable bonds is 4. The number of carbonyl (C=O) groups excluding carboxylic acids is 2. The van der Waals surface area contributed by atoms with Crippen molar-refractivity contribution in [3.05, 3.63) is 65.5 Å². The standard InChI is InChI=1S/C16H14FNO2/c1-2-11-6-8-12(9-7-11)15(19)16(20)18-14-5-3-4-13(17)10-14/h3-10H,2H2,1H3,(H,18,20). The number of Topliss-reactive ketones (excluding diaryl/α,β-unsaturated/α-hetero) is 1. The number of benzene rings is 2. The van der Waals surface area contributed by atoms with Crippen LogP contribution in [0.5, 0.6) is 0 Å². The van der Waals surface area contributed by atoms with Gasteiger partial charge in [-0.3, -0.25) is 9.59 Å². The Hall–Kier alpha value is -2.49. The van der Waals surface area contributed by atoms with E-state index in [-0.39, 0.29) is 5.69 Å². The van der Waals surface area contributed by atoms with Crippen molar-refractivity contribution >= 4 is 17.4 Å². The Labute approximate surface area is 116 Å². The van der Waals surface area contributed by atoms with Crippen molar-refractivity contribution in [1.82, 2.24) is 0 Å². The molecule has 0 fully saturated rings. The van der Waals surface area contributed by atoms with Crippen LogP contribution in [-0.2, 0) is 11.2 Å². The van der Waals surface area contributed by atoms with E-state index in [9.17, 15) is 14.0 Å². The molecule has 0 spiro atoms. The van der Waals surface area contributed by atoms with E-state index >= 15 is 0 Å². The smallest absolute Gasteiger partial charge is 0.296 e. The molecule has 0 saturated carbocycles. The van der Waals surface area contributed by atoms with Crippen LogP contribution in [0.2, 0.25) is 0 Å². The molecule has 0 aliphatic heterocycles. The molecule has 1 N–H and O–H groups in total. The lowest BCUT2D eigenvalue weighted by molar-refractivity contribution is -0.112. The molecule has 3 nitrogen and oxygen atoms in total. The number of halogens is 1. The summed E-state index contributed by atoms with van der Waals surface area (Å²) in [4.78, 5) is 23.7. The second-order valence-electron chi connectivity index (χ2n) is 4.34. The maximum absolute atomic E-state index is 13.0. The van der Waals surface area contributed by atoms with Crippen molar-refractivity contribution in [2.45, 2.75) is 13.3 Å². The van der Waals surface area contributed by atoms with Gasteiger partial charge in [0.2, 0.25) is 0 Å². The van der Waals surface area contributed by atoms with Gasteiger partial charge in [-0.05, 0) is 30.2 Å². The SMILES string of the molecule is CCc1ccc(C(=O)C(=O)Nc2cccc(F)c2)cc1. The van der Waals surface area contributed by atoms with Crippen molar-refractivity contribution in [3.8, 4) is 0 Å². The average Bonchev–Trinajstić information content (AvgIpc) is 2.46. The third kappa shape index (κ3) is 3.29. The topological polar surface area (TPSA) is 46.2 Å². The summed E-state index contributed by atoms with van der Waals surface area (Å²) >= 11 is 0. The van der Waals surface area contributed by atoms with Crippen molar-refractivity contribution in [1.29, 1.82) is 0 Å². The molecule has 0 saturated heterocycles. The van der Waals surface area contributed by atoms with Crippen LogP contribution in [-0.4, -0.2) is 11.7 Å². The average molecular weight is 271 g/mol. The molecule has 0 aromatic heterocycles. The first kappa shape index (κ1) is 13.9. The zero-order chi connectivity index (χ0) is 14.5. The Morgan fingerprint density at radius 2 is 1.80 bits per heavy atom. The van der Waals surface area contributed by atoms with Gasteiger partial charge in [0.25, 0.3) is 11.7 Å². The zero-order valence-electron chi connectivity index (χ0n) is 11.0. The fourth-order valence-corrected chi connectivity index (χ4v) is 1.78. The molecule has 102 valence electrons. The molecule has 0 heterocycles. The van der Waals surface area contributed by atoms with E-state index in [2.05, 4.69) is 5.32 Å². The van der Waals surface area contributed by atoms with E-state index in [0.717, 1.165) is 18.1 Å². The maximum Gasteiger partial charge on any atom is 0.296 e. The highest BCUT2D eigenvalue weighted by Crippen LogP contribution is 2.11. The Balaban J connectivity index is 2.10. The van der Waals surface area contributed by atoms with Gasteiger partial charge in [0.1, 0.15) is 5.82 Å². The molecule has 2 aromatic rings. The third-order valence-electron chi connectivity index (χ3n) is 2.91. The van der Waals surface area contributed by atoms with Gasteiger partial charge >= 0.3 is 0 Å². The number of carbonyl (C=O) groups is 2. The molecule has 4 heteroatoms. The molecule has 0 bridgehead atoms. The van der Waals surface area contributed by atoms with E-state index in [0.29, 0.717) is 5.56 Å². The van der Waals surface area contributed by atoms with Crippen molar-refractivity contribution < 1.29 is 14.0 Å². The molecule has 2 aromatic carbocycles. The number of amides is 1. The number of anilines is 1. The normalized spacial score (nSPS) is 10.1. The van der Waals surface area contributed by atoms with Gasteiger partial charge in [-0.1, -0.05) is 37.3 Å². The Morgan fingerprint density at radius 3 is 2.40 bits per heavy atom. The van der Waals surface area contributed by atoms with E-state index in [1.54, 1.807) is 12.1 Å². The van der Waals surface area contributed by atoms with E-state index in [4.69, 9.17) is 0 Å². The molecular weight excluding hydrogens is 257 g/mol. The molecule has 0 aliphatic carbocycles. The van der Waals surface area contributed by atoms with Crippen molar-refractivity contribution in [2.75, 3.05) is 5.32 Å². The molecule has 0 atom stereocenters. The van der Waals surface area contributed by atoms with E-state index in [1.807, 2.05) is 19.1 Å². The molecule has 1 amide bonds. The lowest BCUT2D eigenvalue weighted by Gasteiger charge is -2.05. The van der Waals surface area contributed by atoms with E-state index in [1.165, 1.54) is 18.2 Å². The van der Waals surface area contributed by atoms with Crippen LogP contribution in [0.4, 0.5) is 10.1 Å². The first-order valence-electron chi connectivity index (χ1n) is 6.30. The lowest BCUT2D eigenvalue weighted by atomic mass is 10.1. The zero-order valence-corrected chi connectivity index (χ0v) is 11.0. The summed E-state index contributed by atoms with van der Waals surface area (Å²) in [5, 5.41) is 2.38. The predicted octanol–water partition coefficient (Wildman–Crippen LogP) is 3.21. The Kier molecular flexibility index (Phi) is 4.25. The first-order valence-corrected chi connectivity index (χ1v) is 6.30. The monoisotopic (exact) mass is 271 g/mol. The highest BCUT2D eigenvalue weighted by Gasteiger charge is 2.16. The van der Waals surface area contributed by atoms with E-state index < -0.39 is 17.5 Å². The molecular formula is C16H14FNO2. The van der Waals surface area contributed by atoms with Gasteiger partial charge in [0, 0.05) is 11.3 Å². The Morgan fingerprint density at radius 1 is 1.10 bits per heavy atom. The molecule has 20 heavy (non-hydrogen) atoms. The summed E-state index contributed by atoms with van der Waals surface area (Å²) in [5.41, 5.74) is 1.66. The van der Waals surface area contributed by atoms with Gasteiger partial charge in [0.05, 0.1) is 0 Å². The molecule has 0 radical (unpaired) electrons. The summed E-state index contributed by atoms with van der Waals surface area (Å²) in [6.07, 6.45) is 0.865. The van der Waals surface area contributed by atoms with Crippen LogP contribution in [0, 0.1) is 5.82 Å². The van der Waals surface area contributed by atoms with Gasteiger partial charge in [-0.25, -0.2) is 4.39 Å². The number of hydrogen-bond acceptors (Lipinski definition) is 2. The minimum absolute atomic E-state index is 0.258. The van der Waals surface area contributed by atoms with Crippen LogP contribution in [0.3, 0.4) is 0 Å². The molecule has 0 aliphatic rings. The minimum atomic E-state index is -0.778. The fraction of sp³-hybridized carbons (Fsp3) is 0.125. The molecule has 2 rings (SSSR count).